The highest BCUT2D eigenvalue weighted by molar-refractivity contribution is 5.90. The van der Waals surface area contributed by atoms with Crippen LogP contribution in [0.25, 0.3) is 0 Å². The van der Waals surface area contributed by atoms with Crippen molar-refractivity contribution in [1.82, 2.24) is 0 Å². The summed E-state index contributed by atoms with van der Waals surface area (Å²) < 4.78 is 5.25. The van der Waals surface area contributed by atoms with Crippen LogP contribution in [0.3, 0.4) is 0 Å². The maximum Gasteiger partial charge on any atom is 0.157 e. The number of Topliss-reactive ketones (excluding diaryl/α,β-unsaturated/α-hetero) is 1. The van der Waals surface area contributed by atoms with Gasteiger partial charge in [-0.05, 0) is 25.3 Å². The SMILES string of the molecule is Cc1cccc(CC(=O)C2(N)CCOCC2)c1. The Bertz CT molecular complexity index is 408. The van der Waals surface area contributed by atoms with Crippen molar-refractivity contribution in [3.63, 3.8) is 0 Å². The van der Waals surface area contributed by atoms with Crippen LogP contribution >= 0.6 is 0 Å². The summed E-state index contributed by atoms with van der Waals surface area (Å²) in [6, 6.07) is 8.03. The number of hydrogen-bond donors (Lipinski definition) is 1. The van der Waals surface area contributed by atoms with Gasteiger partial charge in [0.05, 0.1) is 5.54 Å². The quantitative estimate of drug-likeness (QED) is 0.863. The largest absolute Gasteiger partial charge is 0.381 e. The summed E-state index contributed by atoms with van der Waals surface area (Å²) in [5, 5.41) is 0. The van der Waals surface area contributed by atoms with Crippen molar-refractivity contribution in [2.45, 2.75) is 31.7 Å². The van der Waals surface area contributed by atoms with Crippen molar-refractivity contribution in [3.05, 3.63) is 35.4 Å². The molecule has 1 aromatic rings. The van der Waals surface area contributed by atoms with Gasteiger partial charge in [-0.15, -0.1) is 0 Å². The lowest BCUT2D eigenvalue weighted by molar-refractivity contribution is -0.126. The third-order valence-corrected chi connectivity index (χ3v) is 3.39. The van der Waals surface area contributed by atoms with Crippen molar-refractivity contribution in [2.24, 2.45) is 5.73 Å². The molecule has 0 spiro atoms. The third kappa shape index (κ3) is 2.93. The second-order valence-electron chi connectivity index (χ2n) is 4.86. The molecule has 92 valence electrons. The monoisotopic (exact) mass is 233 g/mol. The number of carbonyl (C=O) groups excluding carboxylic acids is 1. The Morgan fingerprint density at radius 1 is 1.41 bits per heavy atom. The number of ketones is 1. The molecule has 0 aromatic heterocycles. The molecule has 0 radical (unpaired) electrons. The summed E-state index contributed by atoms with van der Waals surface area (Å²) in [6.07, 6.45) is 1.70. The molecule has 1 aliphatic heterocycles. The lowest BCUT2D eigenvalue weighted by Gasteiger charge is -2.31. The number of hydrogen-bond acceptors (Lipinski definition) is 3. The molecule has 0 bridgehead atoms. The standard InChI is InChI=1S/C14H19NO2/c1-11-3-2-4-12(9-11)10-13(16)14(15)5-7-17-8-6-14/h2-4,9H,5-8,10,15H2,1H3. The summed E-state index contributed by atoms with van der Waals surface area (Å²) in [5.74, 6) is 0.131. The van der Waals surface area contributed by atoms with Gasteiger partial charge in [-0.3, -0.25) is 4.79 Å². The van der Waals surface area contributed by atoms with Crippen LogP contribution < -0.4 is 5.73 Å². The molecular formula is C14H19NO2. The molecule has 3 nitrogen and oxygen atoms in total. The minimum Gasteiger partial charge on any atom is -0.381 e. The van der Waals surface area contributed by atoms with Crippen molar-refractivity contribution < 1.29 is 9.53 Å². The summed E-state index contributed by atoms with van der Waals surface area (Å²) in [5.41, 5.74) is 7.70. The Hall–Kier alpha value is -1.19. The van der Waals surface area contributed by atoms with Gasteiger partial charge in [0.15, 0.2) is 5.78 Å². The molecule has 2 N–H and O–H groups in total. The van der Waals surface area contributed by atoms with E-state index in [0.717, 1.165) is 5.56 Å². The molecule has 1 heterocycles. The Balaban J connectivity index is 2.05. The summed E-state index contributed by atoms with van der Waals surface area (Å²) >= 11 is 0. The van der Waals surface area contributed by atoms with Gasteiger partial charge >= 0.3 is 0 Å². The van der Waals surface area contributed by atoms with E-state index in [9.17, 15) is 4.79 Å². The Morgan fingerprint density at radius 3 is 2.76 bits per heavy atom. The normalized spacial score (nSPS) is 18.9. The average Bonchev–Trinajstić information content (AvgIpc) is 2.30. The molecule has 17 heavy (non-hydrogen) atoms. The molecule has 0 saturated carbocycles. The molecule has 1 aliphatic rings. The van der Waals surface area contributed by atoms with Crippen molar-refractivity contribution in [3.8, 4) is 0 Å². The van der Waals surface area contributed by atoms with Gasteiger partial charge < -0.3 is 10.5 Å². The number of rotatable bonds is 3. The lowest BCUT2D eigenvalue weighted by Crippen LogP contribution is -2.52. The predicted molar refractivity (Wildman–Crippen MR) is 66.9 cm³/mol. The molecule has 1 saturated heterocycles. The first-order chi connectivity index (χ1) is 8.10. The van der Waals surface area contributed by atoms with Crippen molar-refractivity contribution in [2.75, 3.05) is 13.2 Å². The van der Waals surface area contributed by atoms with Crippen LogP contribution in [0.1, 0.15) is 24.0 Å². The Morgan fingerprint density at radius 2 is 2.12 bits per heavy atom. The van der Waals surface area contributed by atoms with E-state index in [1.807, 2.05) is 31.2 Å². The first-order valence-corrected chi connectivity index (χ1v) is 6.06. The van der Waals surface area contributed by atoms with E-state index in [2.05, 4.69) is 0 Å². The average molecular weight is 233 g/mol. The van der Waals surface area contributed by atoms with Crippen LogP contribution in [0.15, 0.2) is 24.3 Å². The number of ether oxygens (including phenoxy) is 1. The Kier molecular flexibility index (Phi) is 3.60. The van der Waals surface area contributed by atoms with Crippen LogP contribution in [0.4, 0.5) is 0 Å². The zero-order valence-corrected chi connectivity index (χ0v) is 10.2. The van der Waals surface area contributed by atoms with E-state index in [1.54, 1.807) is 0 Å². The maximum absolute atomic E-state index is 12.2. The van der Waals surface area contributed by atoms with E-state index in [1.165, 1.54) is 5.56 Å². The van der Waals surface area contributed by atoms with Crippen LogP contribution in [-0.4, -0.2) is 24.5 Å². The summed E-state index contributed by atoms with van der Waals surface area (Å²) in [7, 11) is 0. The topological polar surface area (TPSA) is 52.3 Å². The second kappa shape index (κ2) is 4.98. The summed E-state index contributed by atoms with van der Waals surface area (Å²) in [4.78, 5) is 12.2. The summed E-state index contributed by atoms with van der Waals surface area (Å²) in [6.45, 7) is 3.22. The fourth-order valence-corrected chi connectivity index (χ4v) is 2.20. The van der Waals surface area contributed by atoms with E-state index >= 15 is 0 Å². The highest BCUT2D eigenvalue weighted by atomic mass is 16.5. The maximum atomic E-state index is 12.2. The van der Waals surface area contributed by atoms with E-state index in [4.69, 9.17) is 10.5 Å². The van der Waals surface area contributed by atoms with Gasteiger partial charge in [-0.25, -0.2) is 0 Å². The van der Waals surface area contributed by atoms with Gasteiger partial charge in [0.25, 0.3) is 0 Å². The highest BCUT2D eigenvalue weighted by Gasteiger charge is 2.35. The van der Waals surface area contributed by atoms with Gasteiger partial charge in [-0.2, -0.15) is 0 Å². The van der Waals surface area contributed by atoms with Gasteiger partial charge in [-0.1, -0.05) is 29.8 Å². The molecular weight excluding hydrogens is 214 g/mol. The number of carbonyl (C=O) groups is 1. The highest BCUT2D eigenvalue weighted by Crippen LogP contribution is 2.21. The van der Waals surface area contributed by atoms with Crippen LogP contribution in [0.2, 0.25) is 0 Å². The van der Waals surface area contributed by atoms with E-state index in [-0.39, 0.29) is 5.78 Å². The van der Waals surface area contributed by atoms with Crippen LogP contribution in [-0.2, 0) is 16.0 Å². The lowest BCUT2D eigenvalue weighted by atomic mass is 9.84. The van der Waals surface area contributed by atoms with Crippen molar-refractivity contribution in [1.29, 1.82) is 0 Å². The van der Waals surface area contributed by atoms with Gasteiger partial charge in [0.2, 0.25) is 0 Å². The zero-order chi connectivity index (χ0) is 12.3. The number of nitrogens with two attached hydrogens (primary N) is 1. The molecule has 0 amide bonds. The predicted octanol–water partition coefficient (Wildman–Crippen LogP) is 1.61. The first kappa shape index (κ1) is 12.3. The van der Waals surface area contributed by atoms with E-state index < -0.39 is 5.54 Å². The smallest absolute Gasteiger partial charge is 0.157 e. The molecule has 3 heteroatoms. The van der Waals surface area contributed by atoms with E-state index in [0.29, 0.717) is 32.5 Å². The first-order valence-electron chi connectivity index (χ1n) is 6.06. The minimum absolute atomic E-state index is 0.131. The fourth-order valence-electron chi connectivity index (χ4n) is 2.20. The zero-order valence-electron chi connectivity index (χ0n) is 10.2. The second-order valence-corrected chi connectivity index (χ2v) is 4.86. The molecule has 2 rings (SSSR count). The minimum atomic E-state index is -0.679. The van der Waals surface area contributed by atoms with Crippen LogP contribution in [0, 0.1) is 6.92 Å². The molecule has 0 unspecified atom stereocenters. The number of aryl methyl sites for hydroxylation is 1. The third-order valence-electron chi connectivity index (χ3n) is 3.39. The van der Waals surface area contributed by atoms with Gasteiger partial charge in [0, 0.05) is 19.6 Å². The Labute approximate surface area is 102 Å². The number of benzene rings is 1. The molecule has 1 fully saturated rings. The van der Waals surface area contributed by atoms with Crippen molar-refractivity contribution >= 4 is 5.78 Å². The van der Waals surface area contributed by atoms with Crippen LogP contribution in [0.5, 0.6) is 0 Å². The molecule has 1 aromatic carbocycles. The molecule has 0 aliphatic carbocycles. The van der Waals surface area contributed by atoms with Gasteiger partial charge in [0.1, 0.15) is 0 Å². The molecule has 0 atom stereocenters. The fraction of sp³-hybridized carbons (Fsp3) is 0.500.